The van der Waals surface area contributed by atoms with Gasteiger partial charge in [0.15, 0.2) is 0 Å². The Hall–Kier alpha value is -4.82. The van der Waals surface area contributed by atoms with Gasteiger partial charge in [-0.3, -0.25) is 0 Å². The van der Waals surface area contributed by atoms with Gasteiger partial charge in [-0.2, -0.15) is 0 Å². The lowest BCUT2D eigenvalue weighted by Gasteiger charge is -2.33. The Labute approximate surface area is 254 Å². The van der Waals surface area contributed by atoms with E-state index in [1.165, 1.54) is 72.0 Å². The van der Waals surface area contributed by atoms with Crippen LogP contribution in [0.2, 0.25) is 0 Å². The van der Waals surface area contributed by atoms with Crippen LogP contribution in [-0.2, 0) is 0 Å². The van der Waals surface area contributed by atoms with Crippen LogP contribution in [0.3, 0.4) is 0 Å². The van der Waals surface area contributed by atoms with Crippen LogP contribution in [0, 0.1) is 12.8 Å². The first-order valence-electron chi connectivity index (χ1n) is 15.6. The molecular formula is C41H36N2. The van der Waals surface area contributed by atoms with Gasteiger partial charge in [0, 0.05) is 11.4 Å². The van der Waals surface area contributed by atoms with Crippen LogP contribution in [0.4, 0.5) is 5.69 Å². The number of benzene rings is 5. The van der Waals surface area contributed by atoms with E-state index in [1.54, 1.807) is 0 Å². The van der Waals surface area contributed by atoms with Crippen molar-refractivity contribution in [2.75, 3.05) is 4.90 Å². The Morgan fingerprint density at radius 2 is 1.42 bits per heavy atom. The maximum Gasteiger partial charge on any atom is 0.126 e. The summed E-state index contributed by atoms with van der Waals surface area (Å²) in [5.74, 6) is 0.513. The first kappa shape index (κ1) is 25.9. The van der Waals surface area contributed by atoms with Crippen LogP contribution in [0.1, 0.15) is 31.7 Å². The third kappa shape index (κ3) is 4.32. The molecule has 2 aliphatic carbocycles. The second-order valence-corrected chi connectivity index (χ2v) is 12.2. The predicted octanol–water partition coefficient (Wildman–Crippen LogP) is 10.5. The highest BCUT2D eigenvalue weighted by Crippen LogP contribution is 2.45. The molecule has 2 heteroatoms. The summed E-state index contributed by atoms with van der Waals surface area (Å²) in [6.07, 6.45) is 14.9. The molecule has 1 N–H and O–H groups in total. The molecule has 0 radical (unpaired) electrons. The smallest absolute Gasteiger partial charge is 0.126 e. The van der Waals surface area contributed by atoms with Crippen molar-refractivity contribution in [2.24, 2.45) is 5.92 Å². The van der Waals surface area contributed by atoms with Gasteiger partial charge in [-0.25, -0.2) is 0 Å². The van der Waals surface area contributed by atoms with Crippen LogP contribution in [-0.4, -0.2) is 6.17 Å². The van der Waals surface area contributed by atoms with E-state index in [9.17, 15) is 0 Å². The highest BCUT2D eigenvalue weighted by atomic mass is 15.3. The molecule has 2 nitrogen and oxygen atoms in total. The topological polar surface area (TPSA) is 15.3 Å². The molecule has 43 heavy (non-hydrogen) atoms. The minimum atomic E-state index is 0.146. The average molecular weight is 557 g/mol. The fraction of sp³-hybridized carbons (Fsp3) is 0.171. The van der Waals surface area contributed by atoms with E-state index in [0.29, 0.717) is 5.92 Å². The summed E-state index contributed by atoms with van der Waals surface area (Å²) >= 11 is 0. The van der Waals surface area contributed by atoms with Gasteiger partial charge in [0.25, 0.3) is 0 Å². The Kier molecular flexibility index (Phi) is 6.30. The van der Waals surface area contributed by atoms with Crippen molar-refractivity contribution in [1.82, 2.24) is 5.32 Å². The lowest BCUT2D eigenvalue weighted by molar-refractivity contribution is 0.563. The number of nitrogens with one attached hydrogen (secondary N) is 1. The zero-order valence-electron chi connectivity index (χ0n) is 24.8. The number of aryl methyl sites for hydroxylation is 1. The normalized spacial score (nSPS) is 19.6. The zero-order chi connectivity index (χ0) is 28.9. The van der Waals surface area contributed by atoms with Gasteiger partial charge in [0.2, 0.25) is 0 Å². The first-order valence-corrected chi connectivity index (χ1v) is 15.6. The van der Waals surface area contributed by atoms with Crippen molar-refractivity contribution in [3.8, 4) is 22.3 Å². The average Bonchev–Trinajstić information content (AvgIpc) is 3.44. The van der Waals surface area contributed by atoms with Gasteiger partial charge in [-0.05, 0) is 99.7 Å². The molecule has 0 aromatic heterocycles. The minimum Gasteiger partial charge on any atom is -0.363 e. The summed E-state index contributed by atoms with van der Waals surface area (Å²) in [6, 6.07) is 36.0. The molecule has 0 fully saturated rings. The lowest BCUT2D eigenvalue weighted by Crippen LogP contribution is -2.41. The molecule has 0 spiro atoms. The quantitative estimate of drug-likeness (QED) is 0.222. The molecule has 1 heterocycles. The van der Waals surface area contributed by atoms with E-state index in [-0.39, 0.29) is 6.17 Å². The van der Waals surface area contributed by atoms with Crippen LogP contribution in [0.15, 0.2) is 144 Å². The number of fused-ring (bicyclic) bond motifs is 2. The van der Waals surface area contributed by atoms with E-state index in [1.807, 2.05) is 0 Å². The third-order valence-electron chi connectivity index (χ3n) is 9.45. The Balaban J connectivity index is 1.30. The van der Waals surface area contributed by atoms with Gasteiger partial charge < -0.3 is 10.2 Å². The van der Waals surface area contributed by atoms with Gasteiger partial charge in [0.1, 0.15) is 6.17 Å². The number of rotatable bonds is 4. The van der Waals surface area contributed by atoms with Gasteiger partial charge >= 0.3 is 0 Å². The number of hydrogen-bond acceptors (Lipinski definition) is 2. The van der Waals surface area contributed by atoms with Crippen LogP contribution in [0.25, 0.3) is 43.8 Å². The maximum atomic E-state index is 3.92. The number of anilines is 1. The van der Waals surface area contributed by atoms with Gasteiger partial charge in [-0.1, -0.05) is 122 Å². The molecular weight excluding hydrogens is 520 g/mol. The van der Waals surface area contributed by atoms with E-state index < -0.39 is 0 Å². The Bertz CT molecular complexity index is 1990. The molecule has 0 bridgehead atoms. The summed E-state index contributed by atoms with van der Waals surface area (Å²) in [5, 5.41) is 9.10. The molecule has 210 valence electrons. The van der Waals surface area contributed by atoms with Crippen molar-refractivity contribution >= 4 is 27.2 Å². The molecule has 0 saturated carbocycles. The first-order chi connectivity index (χ1) is 21.2. The van der Waals surface area contributed by atoms with Gasteiger partial charge in [0.05, 0.1) is 5.70 Å². The third-order valence-corrected chi connectivity index (χ3v) is 9.45. The van der Waals surface area contributed by atoms with Crippen molar-refractivity contribution in [3.63, 3.8) is 0 Å². The summed E-state index contributed by atoms with van der Waals surface area (Å²) in [5.41, 5.74) is 11.8. The highest BCUT2D eigenvalue weighted by Gasteiger charge is 2.36. The molecule has 8 rings (SSSR count). The van der Waals surface area contributed by atoms with Crippen LogP contribution >= 0.6 is 0 Å². The monoisotopic (exact) mass is 556 g/mol. The largest absolute Gasteiger partial charge is 0.363 e. The number of hydrogen-bond donors (Lipinski definition) is 1. The van der Waals surface area contributed by atoms with Crippen molar-refractivity contribution in [1.29, 1.82) is 0 Å². The lowest BCUT2D eigenvalue weighted by atomic mass is 9.85. The number of allylic oxidation sites excluding steroid dienone is 6. The Morgan fingerprint density at radius 3 is 2.19 bits per heavy atom. The molecule has 5 aromatic carbocycles. The minimum absolute atomic E-state index is 0.146. The zero-order valence-corrected chi connectivity index (χ0v) is 24.8. The molecule has 3 aliphatic rings. The predicted molar refractivity (Wildman–Crippen MR) is 183 cm³/mol. The van der Waals surface area contributed by atoms with E-state index in [0.717, 1.165) is 19.3 Å². The van der Waals surface area contributed by atoms with E-state index >= 15 is 0 Å². The fourth-order valence-electron chi connectivity index (χ4n) is 7.34. The molecule has 0 saturated heterocycles. The molecule has 5 aromatic rings. The van der Waals surface area contributed by atoms with Gasteiger partial charge in [-0.15, -0.1) is 0 Å². The van der Waals surface area contributed by atoms with Crippen molar-refractivity contribution in [3.05, 3.63) is 150 Å². The second-order valence-electron chi connectivity index (χ2n) is 12.2. The second kappa shape index (κ2) is 10.5. The summed E-state index contributed by atoms with van der Waals surface area (Å²) in [7, 11) is 0. The van der Waals surface area contributed by atoms with Crippen LogP contribution < -0.4 is 10.2 Å². The summed E-state index contributed by atoms with van der Waals surface area (Å²) in [6.45, 7) is 4.55. The molecule has 1 unspecified atom stereocenters. The molecule has 1 aliphatic heterocycles. The fourth-order valence-corrected chi connectivity index (χ4v) is 7.34. The summed E-state index contributed by atoms with van der Waals surface area (Å²) < 4.78 is 0. The number of nitrogens with zero attached hydrogens (tertiary/aromatic N) is 1. The molecule has 0 amide bonds. The van der Waals surface area contributed by atoms with Crippen LogP contribution in [0.5, 0.6) is 0 Å². The SMILES string of the molecule is Cc1ccc2c(-c3ccccc3)c3ccccc3c(-c3ccc(N4C5=C(CCC=C5)NC4C4=CC=CC[C@@H]4C)cc3)c2c1. The standard InChI is InChI=1S/C41H36N2/c1-27-20-25-35-36(26-27)40(34-17-9-8-16-33(34)39(35)29-13-4-3-5-14-29)30-21-23-31(24-22-30)43-38-19-11-10-18-37(38)42-41(43)32-15-7-6-12-28(32)2/h3-9,11,13-17,19-26,28,41-42H,10,12,18H2,1-2H3/t28-,41?/m0/s1. The van der Waals surface area contributed by atoms with Crippen molar-refractivity contribution < 1.29 is 0 Å². The summed E-state index contributed by atoms with van der Waals surface area (Å²) in [4.78, 5) is 2.52. The molecule has 2 atom stereocenters. The van der Waals surface area contributed by atoms with Crippen molar-refractivity contribution in [2.45, 2.75) is 39.3 Å². The van der Waals surface area contributed by atoms with E-state index in [2.05, 4.69) is 152 Å². The Morgan fingerprint density at radius 1 is 0.721 bits per heavy atom. The maximum absolute atomic E-state index is 3.92. The van der Waals surface area contributed by atoms with E-state index in [4.69, 9.17) is 0 Å². The highest BCUT2D eigenvalue weighted by molar-refractivity contribution is 6.21.